The van der Waals surface area contributed by atoms with Crippen LogP contribution in [0.5, 0.6) is 0 Å². The van der Waals surface area contributed by atoms with Gasteiger partial charge in [0.1, 0.15) is 5.76 Å². The standard InChI is InChI=1S/C12H16N2O4S/c1-8-5-10(13-18-8)12(16)14-4-3-9(6-14)19-7-11(15)17-2/h5,9H,3-4,6-7H2,1-2H3. The summed E-state index contributed by atoms with van der Waals surface area (Å²) in [6.45, 7) is 3.07. The zero-order valence-corrected chi connectivity index (χ0v) is 11.7. The topological polar surface area (TPSA) is 72.6 Å². The highest BCUT2D eigenvalue weighted by molar-refractivity contribution is 8.00. The summed E-state index contributed by atoms with van der Waals surface area (Å²) in [7, 11) is 1.38. The highest BCUT2D eigenvalue weighted by Gasteiger charge is 2.29. The first-order valence-electron chi connectivity index (χ1n) is 6.01. The molecule has 1 fully saturated rings. The van der Waals surface area contributed by atoms with Crippen molar-refractivity contribution in [1.82, 2.24) is 10.1 Å². The number of ether oxygens (including phenoxy) is 1. The second-order valence-electron chi connectivity index (χ2n) is 4.37. The predicted octanol–water partition coefficient (Wildman–Crippen LogP) is 1.10. The molecule has 0 radical (unpaired) electrons. The molecule has 1 aliphatic rings. The zero-order valence-electron chi connectivity index (χ0n) is 10.9. The van der Waals surface area contributed by atoms with Crippen molar-refractivity contribution in [3.63, 3.8) is 0 Å². The number of amides is 1. The number of nitrogens with zero attached hydrogens (tertiary/aromatic N) is 2. The molecule has 0 spiro atoms. The Morgan fingerprint density at radius 3 is 3.05 bits per heavy atom. The monoisotopic (exact) mass is 284 g/mol. The van der Waals surface area contributed by atoms with Gasteiger partial charge in [-0.3, -0.25) is 9.59 Å². The fourth-order valence-corrected chi connectivity index (χ4v) is 2.97. The lowest BCUT2D eigenvalue weighted by molar-refractivity contribution is -0.137. The normalized spacial score (nSPS) is 18.6. The second-order valence-corrected chi connectivity index (χ2v) is 5.66. The average Bonchev–Trinajstić information content (AvgIpc) is 3.04. The number of methoxy groups -OCH3 is 1. The Bertz CT molecular complexity index is 474. The number of hydrogen-bond acceptors (Lipinski definition) is 6. The van der Waals surface area contributed by atoms with E-state index in [0.717, 1.165) is 6.42 Å². The molecule has 1 amide bonds. The van der Waals surface area contributed by atoms with Crippen LogP contribution in [0.25, 0.3) is 0 Å². The van der Waals surface area contributed by atoms with Gasteiger partial charge in [-0.05, 0) is 13.3 Å². The highest BCUT2D eigenvalue weighted by Crippen LogP contribution is 2.24. The summed E-state index contributed by atoms with van der Waals surface area (Å²) in [5.41, 5.74) is 0.344. The molecule has 1 atom stereocenters. The van der Waals surface area contributed by atoms with Crippen LogP contribution >= 0.6 is 11.8 Å². The summed E-state index contributed by atoms with van der Waals surface area (Å²) in [5, 5.41) is 4.00. The molecule has 0 N–H and O–H groups in total. The molecular weight excluding hydrogens is 268 g/mol. The van der Waals surface area contributed by atoms with Crippen LogP contribution in [-0.2, 0) is 9.53 Å². The second kappa shape index (κ2) is 6.10. The highest BCUT2D eigenvalue weighted by atomic mass is 32.2. The van der Waals surface area contributed by atoms with Gasteiger partial charge >= 0.3 is 5.97 Å². The Labute approximate surface area is 115 Å². The summed E-state index contributed by atoms with van der Waals surface area (Å²) in [5.74, 6) is 0.603. The van der Waals surface area contributed by atoms with Crippen molar-refractivity contribution in [2.24, 2.45) is 0 Å². The van der Waals surface area contributed by atoms with Crippen molar-refractivity contribution in [3.05, 3.63) is 17.5 Å². The minimum atomic E-state index is -0.234. The van der Waals surface area contributed by atoms with Gasteiger partial charge in [-0.2, -0.15) is 0 Å². The summed E-state index contributed by atoms with van der Waals surface area (Å²) in [4.78, 5) is 24.9. The lowest BCUT2D eigenvalue weighted by Gasteiger charge is -2.14. The predicted molar refractivity (Wildman–Crippen MR) is 70.0 cm³/mol. The number of rotatable bonds is 4. The Kier molecular flexibility index (Phi) is 4.47. The average molecular weight is 284 g/mol. The number of carbonyl (C=O) groups is 2. The number of thioether (sulfide) groups is 1. The summed E-state index contributed by atoms with van der Waals surface area (Å²) in [6, 6.07) is 1.64. The van der Waals surface area contributed by atoms with E-state index in [1.54, 1.807) is 17.9 Å². The fraction of sp³-hybridized carbons (Fsp3) is 0.583. The molecule has 1 aromatic rings. The molecule has 19 heavy (non-hydrogen) atoms. The summed E-state index contributed by atoms with van der Waals surface area (Å²) in [6.07, 6.45) is 0.879. The van der Waals surface area contributed by atoms with Crippen LogP contribution in [0, 0.1) is 6.92 Å². The molecule has 0 aliphatic carbocycles. The molecule has 6 nitrogen and oxygen atoms in total. The molecule has 1 unspecified atom stereocenters. The van der Waals surface area contributed by atoms with Crippen molar-refractivity contribution in [2.45, 2.75) is 18.6 Å². The van der Waals surface area contributed by atoms with E-state index in [4.69, 9.17) is 4.52 Å². The maximum absolute atomic E-state index is 12.1. The zero-order chi connectivity index (χ0) is 13.8. The molecule has 1 aromatic heterocycles. The Morgan fingerprint density at radius 1 is 1.63 bits per heavy atom. The Morgan fingerprint density at radius 2 is 2.42 bits per heavy atom. The minimum absolute atomic E-state index is 0.113. The maximum Gasteiger partial charge on any atom is 0.315 e. The molecule has 1 aliphatic heterocycles. The van der Waals surface area contributed by atoms with E-state index in [9.17, 15) is 9.59 Å². The van der Waals surface area contributed by atoms with Gasteiger partial charge in [-0.1, -0.05) is 5.16 Å². The molecule has 7 heteroatoms. The van der Waals surface area contributed by atoms with Crippen LogP contribution in [-0.4, -0.2) is 53.1 Å². The van der Waals surface area contributed by atoms with E-state index >= 15 is 0 Å². The fourth-order valence-electron chi connectivity index (χ4n) is 1.92. The largest absolute Gasteiger partial charge is 0.468 e. The third-order valence-corrected chi connectivity index (χ3v) is 4.20. The summed E-state index contributed by atoms with van der Waals surface area (Å²) >= 11 is 1.53. The molecule has 104 valence electrons. The van der Waals surface area contributed by atoms with Crippen LogP contribution < -0.4 is 0 Å². The summed E-state index contributed by atoms with van der Waals surface area (Å²) < 4.78 is 9.50. The SMILES string of the molecule is COC(=O)CSC1CCN(C(=O)c2cc(C)on2)C1. The van der Waals surface area contributed by atoms with Gasteiger partial charge in [0.2, 0.25) is 0 Å². The van der Waals surface area contributed by atoms with Crippen molar-refractivity contribution >= 4 is 23.6 Å². The van der Waals surface area contributed by atoms with Gasteiger partial charge in [-0.15, -0.1) is 11.8 Å². The van der Waals surface area contributed by atoms with Crippen LogP contribution in [0.4, 0.5) is 0 Å². The number of likely N-dealkylation sites (tertiary alicyclic amines) is 1. The van der Waals surface area contributed by atoms with E-state index in [0.29, 0.717) is 30.3 Å². The first-order chi connectivity index (χ1) is 9.10. The number of hydrogen-bond donors (Lipinski definition) is 0. The Balaban J connectivity index is 1.84. The van der Waals surface area contributed by atoms with Gasteiger partial charge in [0.25, 0.3) is 5.91 Å². The molecule has 1 saturated heterocycles. The first kappa shape index (κ1) is 13.9. The molecule has 0 saturated carbocycles. The molecule has 0 aromatic carbocycles. The van der Waals surface area contributed by atoms with E-state index in [2.05, 4.69) is 9.89 Å². The minimum Gasteiger partial charge on any atom is -0.468 e. The third kappa shape index (κ3) is 3.50. The van der Waals surface area contributed by atoms with E-state index in [-0.39, 0.29) is 17.1 Å². The van der Waals surface area contributed by atoms with E-state index in [1.165, 1.54) is 18.9 Å². The van der Waals surface area contributed by atoms with E-state index < -0.39 is 0 Å². The van der Waals surface area contributed by atoms with Gasteiger partial charge < -0.3 is 14.2 Å². The smallest absolute Gasteiger partial charge is 0.315 e. The lowest BCUT2D eigenvalue weighted by Crippen LogP contribution is -2.29. The molecular formula is C12H16N2O4S. The lowest BCUT2D eigenvalue weighted by atomic mass is 10.3. The van der Waals surface area contributed by atoms with Crippen molar-refractivity contribution in [3.8, 4) is 0 Å². The van der Waals surface area contributed by atoms with Crippen LogP contribution in [0.15, 0.2) is 10.6 Å². The van der Waals surface area contributed by atoms with Crippen molar-refractivity contribution < 1.29 is 18.8 Å². The van der Waals surface area contributed by atoms with Gasteiger partial charge in [0.15, 0.2) is 5.69 Å². The number of aryl methyl sites for hydroxylation is 1. The molecule has 0 bridgehead atoms. The van der Waals surface area contributed by atoms with Crippen LogP contribution in [0.2, 0.25) is 0 Å². The quantitative estimate of drug-likeness (QED) is 0.771. The van der Waals surface area contributed by atoms with Crippen molar-refractivity contribution in [1.29, 1.82) is 0 Å². The maximum atomic E-state index is 12.1. The van der Waals surface area contributed by atoms with Gasteiger partial charge in [0, 0.05) is 24.4 Å². The molecule has 2 heterocycles. The third-order valence-electron chi connectivity index (χ3n) is 2.94. The number of esters is 1. The van der Waals surface area contributed by atoms with E-state index in [1.807, 2.05) is 0 Å². The van der Waals surface area contributed by atoms with Crippen LogP contribution in [0.3, 0.4) is 0 Å². The number of aromatic nitrogens is 1. The van der Waals surface area contributed by atoms with Crippen molar-refractivity contribution in [2.75, 3.05) is 26.0 Å². The van der Waals surface area contributed by atoms with Gasteiger partial charge in [0.05, 0.1) is 12.9 Å². The van der Waals surface area contributed by atoms with Crippen LogP contribution in [0.1, 0.15) is 22.7 Å². The molecule has 2 rings (SSSR count). The first-order valence-corrected chi connectivity index (χ1v) is 7.06. The Hall–Kier alpha value is -1.50. The van der Waals surface area contributed by atoms with Gasteiger partial charge in [-0.25, -0.2) is 0 Å². The number of carbonyl (C=O) groups excluding carboxylic acids is 2.